The fraction of sp³-hybridized carbons (Fsp3) is 0.381. The van der Waals surface area contributed by atoms with Crippen molar-refractivity contribution >= 4 is 11.5 Å². The number of alkyl halides is 3. The first-order valence-corrected chi connectivity index (χ1v) is 9.58. The highest BCUT2D eigenvalue weighted by molar-refractivity contribution is 5.81. The Balaban J connectivity index is 1.98. The van der Waals surface area contributed by atoms with Gasteiger partial charge >= 0.3 is 6.18 Å². The first-order chi connectivity index (χ1) is 13.9. The molecule has 29 heavy (non-hydrogen) atoms. The van der Waals surface area contributed by atoms with Crippen LogP contribution in [0.15, 0.2) is 36.4 Å². The van der Waals surface area contributed by atoms with E-state index in [1.165, 1.54) is 31.4 Å². The van der Waals surface area contributed by atoms with Gasteiger partial charge in [0.1, 0.15) is 34.4 Å². The van der Waals surface area contributed by atoms with Crippen LogP contribution in [0, 0.1) is 5.82 Å². The van der Waals surface area contributed by atoms with E-state index in [9.17, 15) is 17.6 Å². The van der Waals surface area contributed by atoms with Crippen LogP contribution in [0.3, 0.4) is 0 Å². The van der Waals surface area contributed by atoms with Crippen molar-refractivity contribution in [1.82, 2.24) is 9.38 Å². The molecular weight excluding hydrogens is 386 g/mol. The molecule has 0 aliphatic heterocycles. The Bertz CT molecular complexity index is 1020. The zero-order chi connectivity index (χ0) is 20.6. The van der Waals surface area contributed by atoms with Crippen molar-refractivity contribution in [3.05, 3.63) is 47.9 Å². The van der Waals surface area contributed by atoms with Gasteiger partial charge in [0.25, 0.3) is 0 Å². The molecule has 1 saturated carbocycles. The summed E-state index contributed by atoms with van der Waals surface area (Å²) in [5.74, 6) is -0.245. The molecule has 0 spiro atoms. The molecule has 0 unspecified atom stereocenters. The number of imidazole rings is 1. The monoisotopic (exact) mass is 407 g/mol. The minimum absolute atomic E-state index is 0.00135. The van der Waals surface area contributed by atoms with E-state index in [1.807, 2.05) is 0 Å². The molecule has 0 saturated heterocycles. The zero-order valence-corrected chi connectivity index (χ0v) is 15.9. The van der Waals surface area contributed by atoms with Gasteiger partial charge in [0.05, 0.1) is 12.7 Å². The SMILES string of the molecule is COc1cccc(F)c1-c1nc2cccc(C(F)(F)F)n2c1NC1CCCCC1. The number of fused-ring (bicyclic) bond motifs is 1. The van der Waals surface area contributed by atoms with Crippen molar-refractivity contribution < 1.29 is 22.3 Å². The molecule has 0 amide bonds. The van der Waals surface area contributed by atoms with Gasteiger partial charge < -0.3 is 10.1 Å². The van der Waals surface area contributed by atoms with E-state index < -0.39 is 17.7 Å². The lowest BCUT2D eigenvalue weighted by molar-refractivity contribution is -0.141. The van der Waals surface area contributed by atoms with Gasteiger partial charge in [-0.25, -0.2) is 9.37 Å². The molecule has 0 bridgehead atoms. The van der Waals surface area contributed by atoms with E-state index in [-0.39, 0.29) is 34.5 Å². The van der Waals surface area contributed by atoms with Crippen molar-refractivity contribution in [3.8, 4) is 17.0 Å². The Hall–Kier alpha value is -2.77. The summed E-state index contributed by atoms with van der Waals surface area (Å²) in [5, 5.41) is 3.24. The predicted octanol–water partition coefficient (Wildman–Crippen LogP) is 5.91. The largest absolute Gasteiger partial charge is 0.496 e. The second kappa shape index (κ2) is 7.57. The van der Waals surface area contributed by atoms with Crippen LogP contribution in [0.4, 0.5) is 23.4 Å². The third-order valence-corrected chi connectivity index (χ3v) is 5.31. The summed E-state index contributed by atoms with van der Waals surface area (Å²) in [6.45, 7) is 0. The Kier molecular flexibility index (Phi) is 5.10. The number of nitrogens with one attached hydrogen (secondary N) is 1. The van der Waals surface area contributed by atoms with Crippen LogP contribution in [0.1, 0.15) is 37.8 Å². The number of halogens is 4. The second-order valence-electron chi connectivity index (χ2n) is 7.21. The fourth-order valence-corrected chi connectivity index (χ4v) is 3.97. The molecule has 4 rings (SSSR count). The number of anilines is 1. The van der Waals surface area contributed by atoms with Crippen LogP contribution in [0.5, 0.6) is 5.75 Å². The highest BCUT2D eigenvalue weighted by Crippen LogP contribution is 2.40. The summed E-state index contributed by atoms with van der Waals surface area (Å²) in [4.78, 5) is 4.37. The molecule has 1 aliphatic rings. The molecule has 1 N–H and O–H groups in total. The maximum atomic E-state index is 14.8. The van der Waals surface area contributed by atoms with Crippen molar-refractivity contribution in [1.29, 1.82) is 0 Å². The summed E-state index contributed by atoms with van der Waals surface area (Å²) < 4.78 is 62.3. The molecule has 154 valence electrons. The Morgan fingerprint density at radius 2 is 1.79 bits per heavy atom. The lowest BCUT2D eigenvalue weighted by Gasteiger charge is -2.25. The normalized spacial score (nSPS) is 15.6. The predicted molar refractivity (Wildman–Crippen MR) is 103 cm³/mol. The van der Waals surface area contributed by atoms with Crippen LogP contribution in [-0.2, 0) is 6.18 Å². The second-order valence-corrected chi connectivity index (χ2v) is 7.21. The third-order valence-electron chi connectivity index (χ3n) is 5.31. The third kappa shape index (κ3) is 3.63. The van der Waals surface area contributed by atoms with Crippen molar-refractivity contribution in [3.63, 3.8) is 0 Å². The van der Waals surface area contributed by atoms with Gasteiger partial charge in [-0.15, -0.1) is 0 Å². The van der Waals surface area contributed by atoms with Gasteiger partial charge in [-0.2, -0.15) is 13.2 Å². The van der Waals surface area contributed by atoms with Gasteiger partial charge in [-0.05, 0) is 37.1 Å². The zero-order valence-electron chi connectivity index (χ0n) is 15.9. The van der Waals surface area contributed by atoms with Gasteiger partial charge in [-0.1, -0.05) is 31.4 Å². The average Bonchev–Trinajstić information content (AvgIpc) is 3.05. The number of nitrogens with zero attached hydrogens (tertiary/aromatic N) is 2. The summed E-state index contributed by atoms with van der Waals surface area (Å²) in [6.07, 6.45) is 0.204. The van der Waals surface area contributed by atoms with Crippen molar-refractivity contribution in [2.24, 2.45) is 0 Å². The first-order valence-electron chi connectivity index (χ1n) is 9.58. The summed E-state index contributed by atoms with van der Waals surface area (Å²) >= 11 is 0. The molecule has 2 aromatic heterocycles. The van der Waals surface area contributed by atoms with Crippen molar-refractivity contribution in [2.75, 3.05) is 12.4 Å². The van der Waals surface area contributed by atoms with E-state index in [1.54, 1.807) is 6.07 Å². The average molecular weight is 407 g/mol. The summed E-state index contributed by atoms with van der Waals surface area (Å²) in [6, 6.07) is 8.09. The van der Waals surface area contributed by atoms with E-state index >= 15 is 0 Å². The molecule has 1 aliphatic carbocycles. The van der Waals surface area contributed by atoms with E-state index in [0.717, 1.165) is 42.6 Å². The molecule has 8 heteroatoms. The standard InChI is InChI=1S/C21H21F4N3O/c1-29-15-10-5-9-14(22)18(15)19-20(26-13-7-3-2-4-8-13)28-16(21(23,24)25)11-6-12-17(28)27-19/h5-6,9-13,26H,2-4,7-8H2,1H3. The minimum Gasteiger partial charge on any atom is -0.496 e. The summed E-state index contributed by atoms with van der Waals surface area (Å²) in [7, 11) is 1.39. The smallest absolute Gasteiger partial charge is 0.431 e. The number of rotatable bonds is 4. The molecule has 3 aromatic rings. The van der Waals surface area contributed by atoms with Crippen LogP contribution in [0.25, 0.3) is 16.9 Å². The van der Waals surface area contributed by atoms with Gasteiger partial charge in [0.2, 0.25) is 0 Å². The highest BCUT2D eigenvalue weighted by Gasteiger charge is 2.36. The quantitative estimate of drug-likeness (QED) is 0.546. The van der Waals surface area contributed by atoms with Crippen LogP contribution >= 0.6 is 0 Å². The van der Waals surface area contributed by atoms with Crippen LogP contribution < -0.4 is 10.1 Å². The maximum absolute atomic E-state index is 14.8. The Morgan fingerprint density at radius 3 is 2.48 bits per heavy atom. The van der Waals surface area contributed by atoms with E-state index in [0.29, 0.717) is 0 Å². The molecule has 2 heterocycles. The van der Waals surface area contributed by atoms with Crippen molar-refractivity contribution in [2.45, 2.75) is 44.3 Å². The molecule has 4 nitrogen and oxygen atoms in total. The number of pyridine rings is 1. The van der Waals surface area contributed by atoms with Gasteiger partial charge in [0, 0.05) is 6.04 Å². The maximum Gasteiger partial charge on any atom is 0.431 e. The van der Waals surface area contributed by atoms with E-state index in [4.69, 9.17) is 4.74 Å². The van der Waals surface area contributed by atoms with Crippen LogP contribution in [0.2, 0.25) is 0 Å². The molecule has 1 aromatic carbocycles. The number of ether oxygens (including phenoxy) is 1. The minimum atomic E-state index is -4.58. The number of benzene rings is 1. The Morgan fingerprint density at radius 1 is 1.07 bits per heavy atom. The lowest BCUT2D eigenvalue weighted by Crippen LogP contribution is -2.24. The lowest BCUT2D eigenvalue weighted by atomic mass is 9.95. The Labute approximate surface area is 165 Å². The fourth-order valence-electron chi connectivity index (χ4n) is 3.97. The number of aromatic nitrogens is 2. The number of hydrogen-bond acceptors (Lipinski definition) is 3. The molecular formula is C21H21F4N3O. The van der Waals surface area contributed by atoms with E-state index in [2.05, 4.69) is 10.3 Å². The highest BCUT2D eigenvalue weighted by atomic mass is 19.4. The van der Waals surface area contributed by atoms with Gasteiger partial charge in [0.15, 0.2) is 0 Å². The number of hydrogen-bond donors (Lipinski definition) is 1. The first kappa shape index (κ1) is 19.5. The number of methoxy groups -OCH3 is 1. The van der Waals surface area contributed by atoms with Gasteiger partial charge in [-0.3, -0.25) is 4.40 Å². The summed E-state index contributed by atoms with van der Waals surface area (Å²) in [5.41, 5.74) is -0.604. The molecule has 0 radical (unpaired) electrons. The molecule has 1 fully saturated rings. The molecule has 0 atom stereocenters. The topological polar surface area (TPSA) is 38.6 Å². The van der Waals surface area contributed by atoms with Crippen LogP contribution in [-0.4, -0.2) is 22.5 Å².